The fourth-order valence-electron chi connectivity index (χ4n) is 2.90. The molecule has 0 radical (unpaired) electrons. The Hall–Kier alpha value is -1.95. The molecule has 5 nitrogen and oxygen atoms in total. The number of anilines is 1. The Balaban J connectivity index is 1.48. The number of nitrogens with zero attached hydrogens (tertiary/aromatic N) is 3. The summed E-state index contributed by atoms with van der Waals surface area (Å²) in [5, 5.41) is 7.24. The Morgan fingerprint density at radius 1 is 1.33 bits per heavy atom. The topological polar surface area (TPSA) is 50.2 Å². The van der Waals surface area contributed by atoms with Crippen LogP contribution in [0, 0.1) is 5.92 Å². The molecule has 2 heterocycles. The van der Waals surface area contributed by atoms with E-state index in [4.69, 9.17) is 0 Å². The number of thioether (sulfide) groups is 1. The largest absolute Gasteiger partial charge is 0.324 e. The number of rotatable bonds is 6. The Kier molecular flexibility index (Phi) is 5.80. The molecule has 2 amide bonds. The highest BCUT2D eigenvalue weighted by Gasteiger charge is 2.26. The third-order valence-electron chi connectivity index (χ3n) is 4.19. The first-order valence-corrected chi connectivity index (χ1v) is 9.50. The maximum Gasteiger partial charge on any atom is 0.323 e. The van der Waals surface area contributed by atoms with Gasteiger partial charge in [-0.3, -0.25) is 5.32 Å². The van der Waals surface area contributed by atoms with Crippen LogP contribution in [0.1, 0.15) is 19.8 Å². The normalized spacial score (nSPS) is 17.2. The minimum absolute atomic E-state index is 0.0138. The van der Waals surface area contributed by atoms with E-state index in [-0.39, 0.29) is 6.03 Å². The molecule has 0 aliphatic carbocycles. The first-order chi connectivity index (χ1) is 11.8. The number of benzene rings is 1. The van der Waals surface area contributed by atoms with E-state index in [1.807, 2.05) is 33.5 Å². The molecule has 1 N–H and O–H groups in total. The van der Waals surface area contributed by atoms with Crippen LogP contribution in [-0.4, -0.2) is 39.6 Å². The average molecular weight is 344 g/mol. The Morgan fingerprint density at radius 2 is 2.17 bits per heavy atom. The molecule has 24 heavy (non-hydrogen) atoms. The van der Waals surface area contributed by atoms with Gasteiger partial charge in [0.2, 0.25) is 0 Å². The predicted molar refractivity (Wildman–Crippen MR) is 98.4 cm³/mol. The number of hydrogen-bond donors (Lipinski definition) is 1. The van der Waals surface area contributed by atoms with Crippen LogP contribution in [0.2, 0.25) is 0 Å². The molecular weight excluding hydrogens is 320 g/mol. The molecule has 0 spiro atoms. The van der Waals surface area contributed by atoms with Gasteiger partial charge in [0.05, 0.1) is 6.20 Å². The standard InChI is InChI=1S/C18H24N4OS/c1-2-11-22-17(8-10-19-22)20-18(23)21-12-9-15(13-21)14-24-16-6-4-3-5-7-16/h3-8,10,15H,2,9,11-14H2,1H3,(H,20,23)/t15-/m1/s1. The molecule has 128 valence electrons. The smallest absolute Gasteiger partial charge is 0.323 e. The molecule has 2 aromatic rings. The molecule has 1 aromatic heterocycles. The summed E-state index contributed by atoms with van der Waals surface area (Å²) in [5.74, 6) is 2.40. The van der Waals surface area contributed by atoms with E-state index in [0.717, 1.165) is 44.0 Å². The van der Waals surface area contributed by atoms with Crippen molar-refractivity contribution in [3.63, 3.8) is 0 Å². The van der Waals surface area contributed by atoms with Crippen LogP contribution in [0.4, 0.5) is 10.6 Å². The van der Waals surface area contributed by atoms with Crippen LogP contribution in [0.3, 0.4) is 0 Å². The van der Waals surface area contributed by atoms with Crippen molar-refractivity contribution >= 4 is 23.6 Å². The molecule has 0 bridgehead atoms. The number of aryl methyl sites for hydroxylation is 1. The van der Waals surface area contributed by atoms with Crippen molar-refractivity contribution in [1.29, 1.82) is 0 Å². The van der Waals surface area contributed by atoms with Crippen molar-refractivity contribution in [1.82, 2.24) is 14.7 Å². The third kappa shape index (κ3) is 4.32. The lowest BCUT2D eigenvalue weighted by molar-refractivity contribution is 0.221. The van der Waals surface area contributed by atoms with Gasteiger partial charge in [-0.15, -0.1) is 11.8 Å². The molecule has 0 unspecified atom stereocenters. The van der Waals surface area contributed by atoms with Gasteiger partial charge in [-0.2, -0.15) is 5.10 Å². The second-order valence-corrected chi connectivity index (χ2v) is 7.19. The van der Waals surface area contributed by atoms with E-state index in [2.05, 4.69) is 41.6 Å². The average Bonchev–Trinajstić information content (AvgIpc) is 3.24. The summed E-state index contributed by atoms with van der Waals surface area (Å²) in [4.78, 5) is 15.7. The lowest BCUT2D eigenvalue weighted by atomic mass is 10.2. The molecule has 1 atom stereocenters. The lowest BCUT2D eigenvalue weighted by Crippen LogP contribution is -2.33. The van der Waals surface area contributed by atoms with E-state index in [1.54, 1.807) is 6.20 Å². The van der Waals surface area contributed by atoms with Crippen LogP contribution in [0.15, 0.2) is 47.5 Å². The van der Waals surface area contributed by atoms with Crippen molar-refractivity contribution in [3.05, 3.63) is 42.6 Å². The Bertz CT molecular complexity index is 658. The van der Waals surface area contributed by atoms with E-state index in [0.29, 0.717) is 5.92 Å². The first-order valence-electron chi connectivity index (χ1n) is 8.52. The van der Waals surface area contributed by atoms with E-state index in [1.165, 1.54) is 4.90 Å². The van der Waals surface area contributed by atoms with E-state index < -0.39 is 0 Å². The third-order valence-corrected chi connectivity index (χ3v) is 5.43. The fourth-order valence-corrected chi connectivity index (χ4v) is 3.95. The number of carbonyl (C=O) groups excluding carboxylic acids is 1. The van der Waals surface area contributed by atoms with Gasteiger partial charge in [0.1, 0.15) is 5.82 Å². The summed E-state index contributed by atoms with van der Waals surface area (Å²) in [5.41, 5.74) is 0. The SMILES string of the molecule is CCCn1nccc1NC(=O)N1CC[C@@H](CSc2ccccc2)C1. The summed E-state index contributed by atoms with van der Waals surface area (Å²) in [6.45, 7) is 4.57. The fraction of sp³-hybridized carbons (Fsp3) is 0.444. The van der Waals surface area contributed by atoms with Gasteiger partial charge < -0.3 is 4.90 Å². The predicted octanol–water partition coefficient (Wildman–Crippen LogP) is 3.94. The van der Waals surface area contributed by atoms with Gasteiger partial charge in [-0.25, -0.2) is 9.48 Å². The van der Waals surface area contributed by atoms with Gasteiger partial charge in [0, 0.05) is 36.3 Å². The Morgan fingerprint density at radius 3 is 2.96 bits per heavy atom. The number of hydrogen-bond acceptors (Lipinski definition) is 3. The second kappa shape index (κ2) is 8.24. The highest BCUT2D eigenvalue weighted by atomic mass is 32.2. The Labute approximate surface area is 147 Å². The van der Waals surface area contributed by atoms with E-state index >= 15 is 0 Å². The minimum atomic E-state index is -0.0138. The van der Waals surface area contributed by atoms with Crippen LogP contribution in [0.25, 0.3) is 0 Å². The second-order valence-electron chi connectivity index (χ2n) is 6.09. The van der Waals surface area contributed by atoms with Gasteiger partial charge in [0.25, 0.3) is 0 Å². The molecule has 1 saturated heterocycles. The summed E-state index contributed by atoms with van der Waals surface area (Å²) in [6.07, 6.45) is 3.79. The van der Waals surface area contributed by atoms with Crippen LogP contribution in [-0.2, 0) is 6.54 Å². The summed E-state index contributed by atoms with van der Waals surface area (Å²) in [6, 6.07) is 12.3. The van der Waals surface area contributed by atoms with Gasteiger partial charge in [-0.05, 0) is 30.9 Å². The number of nitrogens with one attached hydrogen (secondary N) is 1. The summed E-state index contributed by atoms with van der Waals surface area (Å²) < 4.78 is 1.84. The van der Waals surface area contributed by atoms with Crippen LogP contribution >= 0.6 is 11.8 Å². The van der Waals surface area contributed by atoms with Crippen molar-refractivity contribution in [2.24, 2.45) is 5.92 Å². The monoisotopic (exact) mass is 344 g/mol. The molecule has 6 heteroatoms. The minimum Gasteiger partial charge on any atom is -0.324 e. The number of urea groups is 1. The van der Waals surface area contributed by atoms with Crippen LogP contribution < -0.4 is 5.32 Å². The summed E-state index contributed by atoms with van der Waals surface area (Å²) in [7, 11) is 0. The highest BCUT2D eigenvalue weighted by molar-refractivity contribution is 7.99. The molecule has 0 saturated carbocycles. The highest BCUT2D eigenvalue weighted by Crippen LogP contribution is 2.26. The first kappa shape index (κ1) is 16.9. The van der Waals surface area contributed by atoms with Crippen molar-refractivity contribution < 1.29 is 4.79 Å². The van der Waals surface area contributed by atoms with Gasteiger partial charge in [-0.1, -0.05) is 25.1 Å². The number of amides is 2. The van der Waals surface area contributed by atoms with Gasteiger partial charge >= 0.3 is 6.03 Å². The molecule has 1 aliphatic rings. The van der Waals surface area contributed by atoms with Crippen molar-refractivity contribution in [2.75, 3.05) is 24.2 Å². The van der Waals surface area contributed by atoms with E-state index in [9.17, 15) is 4.79 Å². The maximum atomic E-state index is 12.5. The zero-order chi connectivity index (χ0) is 16.8. The van der Waals surface area contributed by atoms with Crippen LogP contribution in [0.5, 0.6) is 0 Å². The quantitative estimate of drug-likeness (QED) is 0.808. The number of aromatic nitrogens is 2. The maximum absolute atomic E-state index is 12.5. The molecular formula is C18H24N4OS. The zero-order valence-corrected chi connectivity index (χ0v) is 14.8. The zero-order valence-electron chi connectivity index (χ0n) is 14.0. The number of likely N-dealkylation sites (tertiary alicyclic amines) is 1. The molecule has 1 aromatic carbocycles. The lowest BCUT2D eigenvalue weighted by Gasteiger charge is -2.18. The van der Waals surface area contributed by atoms with Gasteiger partial charge in [0.15, 0.2) is 0 Å². The van der Waals surface area contributed by atoms with Crippen molar-refractivity contribution in [2.45, 2.75) is 31.2 Å². The van der Waals surface area contributed by atoms with Crippen molar-refractivity contribution in [3.8, 4) is 0 Å². The molecule has 3 rings (SSSR count). The molecule has 1 fully saturated rings. The molecule has 1 aliphatic heterocycles. The summed E-state index contributed by atoms with van der Waals surface area (Å²) >= 11 is 1.87. The number of carbonyl (C=O) groups is 1.